The summed E-state index contributed by atoms with van der Waals surface area (Å²) in [6.07, 6.45) is 17.3. The number of allylic oxidation sites excluding steroid dienone is 4. The Hall–Kier alpha value is -2.08. The van der Waals surface area contributed by atoms with Gasteiger partial charge in [-0.3, -0.25) is 0 Å². The molecule has 35 heavy (non-hydrogen) atoms. The van der Waals surface area contributed by atoms with Gasteiger partial charge >= 0.3 is 0 Å². The summed E-state index contributed by atoms with van der Waals surface area (Å²) in [5.74, 6) is 6.51. The van der Waals surface area contributed by atoms with Gasteiger partial charge in [-0.15, -0.1) is 0 Å². The quantitative estimate of drug-likeness (QED) is 0.426. The van der Waals surface area contributed by atoms with Crippen LogP contribution in [-0.2, 0) is 0 Å². The average Bonchev–Trinajstić information content (AvgIpc) is 3.71. The summed E-state index contributed by atoms with van der Waals surface area (Å²) >= 11 is 0. The van der Waals surface area contributed by atoms with Crippen molar-refractivity contribution >= 4 is 11.1 Å². The predicted octanol–water partition coefficient (Wildman–Crippen LogP) is 9.25. The molecular weight excluding hydrogens is 420 g/mol. The van der Waals surface area contributed by atoms with Crippen LogP contribution in [0.3, 0.4) is 0 Å². The van der Waals surface area contributed by atoms with Gasteiger partial charge in [-0.25, -0.2) is 0 Å². The summed E-state index contributed by atoms with van der Waals surface area (Å²) < 4.78 is 0. The molecule has 0 spiro atoms. The minimum absolute atomic E-state index is 0.158. The van der Waals surface area contributed by atoms with Crippen LogP contribution in [0.25, 0.3) is 11.1 Å². The molecule has 8 rings (SSSR count). The van der Waals surface area contributed by atoms with Crippen LogP contribution in [0.4, 0.5) is 0 Å². The van der Waals surface area contributed by atoms with Crippen molar-refractivity contribution in [3.63, 3.8) is 0 Å². The third kappa shape index (κ3) is 2.98. The molecule has 8 unspecified atom stereocenters. The zero-order valence-electron chi connectivity index (χ0n) is 21.5. The van der Waals surface area contributed by atoms with Crippen molar-refractivity contribution in [3.05, 3.63) is 82.9 Å². The molecule has 4 fully saturated rings. The lowest BCUT2D eigenvalue weighted by Crippen LogP contribution is -2.26. The first-order valence-electron chi connectivity index (χ1n) is 14.7. The summed E-state index contributed by atoms with van der Waals surface area (Å²) in [5.41, 5.74) is 9.98. The Morgan fingerprint density at radius 2 is 1.03 bits per heavy atom. The van der Waals surface area contributed by atoms with Crippen molar-refractivity contribution in [2.24, 2.45) is 40.9 Å². The third-order valence-electron chi connectivity index (χ3n) is 11.8. The number of hydrogen-bond acceptors (Lipinski definition) is 0. The van der Waals surface area contributed by atoms with Crippen LogP contribution in [0.2, 0.25) is 0 Å². The first kappa shape index (κ1) is 21.0. The van der Waals surface area contributed by atoms with Crippen LogP contribution in [0.1, 0.15) is 99.3 Å². The van der Waals surface area contributed by atoms with E-state index in [2.05, 4.69) is 74.5 Å². The molecular formula is C35H40. The SMILES string of the molecule is CC(C)(C1C=C(C2CC3CCC2C3)c2ccccc21)C1C=C(C2CC3CCC2C3)c2ccccc21. The van der Waals surface area contributed by atoms with E-state index in [4.69, 9.17) is 0 Å². The lowest BCUT2D eigenvalue weighted by atomic mass is 9.66. The molecule has 2 aromatic carbocycles. The number of benzene rings is 2. The summed E-state index contributed by atoms with van der Waals surface area (Å²) in [5, 5.41) is 0. The minimum atomic E-state index is 0.158. The topological polar surface area (TPSA) is 0 Å². The Morgan fingerprint density at radius 3 is 1.43 bits per heavy atom. The number of fused-ring (bicyclic) bond motifs is 6. The third-order valence-corrected chi connectivity index (χ3v) is 11.8. The molecule has 0 aliphatic heterocycles. The second-order valence-electron chi connectivity index (χ2n) is 13.8. The first-order chi connectivity index (χ1) is 17.1. The summed E-state index contributed by atoms with van der Waals surface area (Å²) in [7, 11) is 0. The molecule has 4 bridgehead atoms. The molecule has 0 radical (unpaired) electrons. The molecule has 8 atom stereocenters. The van der Waals surface area contributed by atoms with E-state index in [9.17, 15) is 0 Å². The Labute approximate surface area is 211 Å². The molecule has 4 saturated carbocycles. The molecule has 0 saturated heterocycles. The maximum Gasteiger partial charge on any atom is 0.00902 e. The summed E-state index contributed by atoms with van der Waals surface area (Å²) in [4.78, 5) is 0. The Bertz CT molecular complexity index is 1140. The highest BCUT2D eigenvalue weighted by atomic mass is 14.5. The van der Waals surface area contributed by atoms with Crippen molar-refractivity contribution in [2.45, 2.75) is 77.0 Å². The molecule has 0 aromatic heterocycles. The fourth-order valence-corrected chi connectivity index (χ4v) is 10.1. The number of hydrogen-bond donors (Lipinski definition) is 0. The largest absolute Gasteiger partial charge is 0.0723 e. The zero-order valence-corrected chi connectivity index (χ0v) is 21.5. The average molecular weight is 461 g/mol. The Morgan fingerprint density at radius 1 is 0.571 bits per heavy atom. The molecule has 0 N–H and O–H groups in total. The normalized spacial score (nSPS) is 38.6. The highest BCUT2D eigenvalue weighted by molar-refractivity contribution is 5.79. The van der Waals surface area contributed by atoms with E-state index in [1.54, 1.807) is 33.4 Å². The zero-order chi connectivity index (χ0) is 23.3. The van der Waals surface area contributed by atoms with Crippen LogP contribution in [0, 0.1) is 40.9 Å². The highest BCUT2D eigenvalue weighted by Crippen LogP contribution is 2.62. The van der Waals surface area contributed by atoms with Gasteiger partial charge in [0.15, 0.2) is 0 Å². The standard InChI is InChI=1S/C35H40/c1-35(2,33-19-31(25-7-3-5-9-27(25)33)29-17-21-11-13-23(29)15-21)34-20-32(26-8-4-6-10-28(26)34)30-18-22-12-14-24(30)16-22/h3-10,19-24,29-30,33-34H,11-18H2,1-2H3. The molecule has 6 aliphatic carbocycles. The van der Waals surface area contributed by atoms with E-state index in [0.29, 0.717) is 11.8 Å². The van der Waals surface area contributed by atoms with Gasteiger partial charge in [-0.2, -0.15) is 0 Å². The maximum absolute atomic E-state index is 2.77. The van der Waals surface area contributed by atoms with E-state index in [1.807, 2.05) is 0 Å². The fourth-order valence-electron chi connectivity index (χ4n) is 10.1. The van der Waals surface area contributed by atoms with Gasteiger partial charge in [0.2, 0.25) is 0 Å². The molecule has 0 heteroatoms. The van der Waals surface area contributed by atoms with Gasteiger partial charge in [-0.1, -0.05) is 87.4 Å². The molecule has 180 valence electrons. The van der Waals surface area contributed by atoms with Crippen molar-refractivity contribution in [3.8, 4) is 0 Å². The molecule has 0 heterocycles. The van der Waals surface area contributed by atoms with Crippen molar-refractivity contribution in [1.82, 2.24) is 0 Å². The van der Waals surface area contributed by atoms with E-state index < -0.39 is 0 Å². The van der Waals surface area contributed by atoms with Crippen LogP contribution >= 0.6 is 0 Å². The smallest absolute Gasteiger partial charge is 0.00902 e. The van der Waals surface area contributed by atoms with Crippen molar-refractivity contribution in [1.29, 1.82) is 0 Å². The fraction of sp³-hybridized carbons (Fsp3) is 0.543. The van der Waals surface area contributed by atoms with Gasteiger partial charge in [0.05, 0.1) is 0 Å². The van der Waals surface area contributed by atoms with Crippen molar-refractivity contribution < 1.29 is 0 Å². The highest BCUT2D eigenvalue weighted by Gasteiger charge is 2.49. The van der Waals surface area contributed by atoms with Gasteiger partial charge < -0.3 is 0 Å². The van der Waals surface area contributed by atoms with Crippen molar-refractivity contribution in [2.75, 3.05) is 0 Å². The lowest BCUT2D eigenvalue weighted by Gasteiger charge is -2.37. The monoisotopic (exact) mass is 460 g/mol. The summed E-state index contributed by atoms with van der Waals surface area (Å²) in [6, 6.07) is 19.0. The lowest BCUT2D eigenvalue weighted by molar-refractivity contribution is 0.291. The summed E-state index contributed by atoms with van der Waals surface area (Å²) in [6.45, 7) is 5.16. The molecule has 2 aromatic rings. The van der Waals surface area contributed by atoms with Gasteiger partial charge in [0.1, 0.15) is 0 Å². The maximum atomic E-state index is 2.77. The minimum Gasteiger partial charge on any atom is -0.0723 e. The van der Waals surface area contributed by atoms with Gasteiger partial charge in [-0.05, 0) is 113 Å². The van der Waals surface area contributed by atoms with E-state index in [-0.39, 0.29) is 5.41 Å². The van der Waals surface area contributed by atoms with E-state index in [0.717, 1.165) is 35.5 Å². The Kier molecular flexibility index (Phi) is 4.49. The second-order valence-corrected chi connectivity index (χ2v) is 13.8. The van der Waals surface area contributed by atoms with E-state index >= 15 is 0 Å². The molecule has 0 amide bonds. The number of rotatable bonds is 4. The van der Waals surface area contributed by atoms with Gasteiger partial charge in [0, 0.05) is 11.8 Å². The van der Waals surface area contributed by atoms with E-state index in [1.165, 1.54) is 51.4 Å². The van der Waals surface area contributed by atoms with Gasteiger partial charge in [0.25, 0.3) is 0 Å². The molecule has 0 nitrogen and oxygen atoms in total. The molecule has 6 aliphatic rings. The van der Waals surface area contributed by atoms with Crippen LogP contribution in [-0.4, -0.2) is 0 Å². The second kappa shape index (κ2) is 7.47. The Balaban J connectivity index is 1.20. The van der Waals surface area contributed by atoms with Crippen LogP contribution in [0.5, 0.6) is 0 Å². The predicted molar refractivity (Wildman–Crippen MR) is 146 cm³/mol. The van der Waals surface area contributed by atoms with Crippen LogP contribution < -0.4 is 0 Å². The first-order valence-corrected chi connectivity index (χ1v) is 14.7. The van der Waals surface area contributed by atoms with Crippen LogP contribution in [0.15, 0.2) is 60.7 Å².